The number of nitrogens with zero attached hydrogens (tertiary/aromatic N) is 5. The van der Waals surface area contributed by atoms with E-state index in [1.807, 2.05) is 49.0 Å². The van der Waals surface area contributed by atoms with Gasteiger partial charge in [-0.1, -0.05) is 18.2 Å². The normalized spacial score (nSPS) is 22.0. The molecule has 3 fully saturated rings. The lowest BCUT2D eigenvalue weighted by Gasteiger charge is -2.44. The van der Waals surface area contributed by atoms with Crippen molar-refractivity contribution in [2.75, 3.05) is 30.3 Å². The molecule has 1 atom stereocenters. The summed E-state index contributed by atoms with van der Waals surface area (Å²) in [5.41, 5.74) is 2.63. The van der Waals surface area contributed by atoms with Crippen molar-refractivity contribution in [3.8, 4) is 5.88 Å². The summed E-state index contributed by atoms with van der Waals surface area (Å²) >= 11 is 0. The standard InChI is InChI=1S/C26H31N7O/c1-16(2)33-14-20-23(25(33)34)30-26(29-22-15-32-9-7-18(22)8-10-32)31-24(20)28-13-17-11-19-5-3-4-6-21(19)27-12-17/h3-6,11-12,14,16,18,22,34H,7-10,13,15H2,1-2H3,(H2,28,29,30,31). The number of anilines is 2. The van der Waals surface area contributed by atoms with Crippen molar-refractivity contribution in [3.05, 3.63) is 48.3 Å². The van der Waals surface area contributed by atoms with Crippen molar-refractivity contribution in [3.63, 3.8) is 0 Å². The summed E-state index contributed by atoms with van der Waals surface area (Å²) in [4.78, 5) is 16.7. The van der Waals surface area contributed by atoms with Crippen LogP contribution in [0.3, 0.4) is 0 Å². The van der Waals surface area contributed by atoms with E-state index in [0.29, 0.717) is 30.0 Å². The zero-order valence-corrected chi connectivity index (χ0v) is 19.7. The molecule has 7 rings (SSSR count). The van der Waals surface area contributed by atoms with Crippen molar-refractivity contribution in [2.45, 2.75) is 45.3 Å². The van der Waals surface area contributed by atoms with Gasteiger partial charge in [0.2, 0.25) is 11.8 Å². The third-order valence-corrected chi connectivity index (χ3v) is 7.30. The summed E-state index contributed by atoms with van der Waals surface area (Å²) in [5.74, 6) is 2.12. The smallest absolute Gasteiger partial charge is 0.225 e. The second-order valence-corrected chi connectivity index (χ2v) is 9.89. The molecule has 6 heterocycles. The Bertz CT molecular complexity index is 1340. The number of nitrogens with one attached hydrogen (secondary N) is 2. The number of aromatic nitrogens is 4. The number of para-hydroxylation sites is 1. The number of fused-ring (bicyclic) bond motifs is 5. The Balaban J connectivity index is 1.33. The third kappa shape index (κ3) is 3.81. The highest BCUT2D eigenvalue weighted by Crippen LogP contribution is 2.35. The van der Waals surface area contributed by atoms with Gasteiger partial charge in [-0.2, -0.15) is 4.98 Å². The first-order chi connectivity index (χ1) is 16.5. The lowest BCUT2D eigenvalue weighted by molar-refractivity contribution is 0.0972. The topological polar surface area (TPSA) is 91.1 Å². The third-order valence-electron chi connectivity index (χ3n) is 7.30. The zero-order valence-electron chi connectivity index (χ0n) is 19.7. The van der Waals surface area contributed by atoms with E-state index in [0.717, 1.165) is 34.2 Å². The second kappa shape index (κ2) is 8.43. The Hall–Kier alpha value is -3.39. The molecule has 34 heavy (non-hydrogen) atoms. The highest BCUT2D eigenvalue weighted by molar-refractivity contribution is 5.94. The zero-order chi connectivity index (χ0) is 23.2. The lowest BCUT2D eigenvalue weighted by atomic mass is 9.84. The highest BCUT2D eigenvalue weighted by atomic mass is 16.3. The van der Waals surface area contributed by atoms with E-state index in [2.05, 4.69) is 32.7 Å². The van der Waals surface area contributed by atoms with Gasteiger partial charge in [-0.25, -0.2) is 4.98 Å². The second-order valence-electron chi connectivity index (χ2n) is 9.89. The van der Waals surface area contributed by atoms with Gasteiger partial charge in [0.05, 0.1) is 10.9 Å². The van der Waals surface area contributed by atoms with Gasteiger partial charge in [0.15, 0.2) is 0 Å². The molecule has 0 radical (unpaired) electrons. The monoisotopic (exact) mass is 457 g/mol. The highest BCUT2D eigenvalue weighted by Gasteiger charge is 2.34. The molecule has 3 aliphatic rings. The fourth-order valence-corrected chi connectivity index (χ4v) is 5.37. The minimum absolute atomic E-state index is 0.116. The molecular formula is C26H31N7O. The van der Waals surface area contributed by atoms with Crippen LogP contribution in [-0.2, 0) is 6.54 Å². The molecule has 4 aromatic rings. The number of hydrogen-bond donors (Lipinski definition) is 3. The van der Waals surface area contributed by atoms with Crippen LogP contribution in [0.5, 0.6) is 5.88 Å². The number of rotatable bonds is 6. The van der Waals surface area contributed by atoms with E-state index >= 15 is 0 Å². The summed E-state index contributed by atoms with van der Waals surface area (Å²) in [6, 6.07) is 10.7. The van der Waals surface area contributed by atoms with Gasteiger partial charge in [-0.3, -0.25) is 4.98 Å². The molecule has 8 nitrogen and oxygen atoms in total. The van der Waals surface area contributed by atoms with Crippen molar-refractivity contribution in [1.82, 2.24) is 24.4 Å². The Morgan fingerprint density at radius 1 is 1.15 bits per heavy atom. The quantitative estimate of drug-likeness (QED) is 0.396. The maximum atomic E-state index is 10.9. The summed E-state index contributed by atoms with van der Waals surface area (Å²) in [7, 11) is 0. The first-order valence-electron chi connectivity index (χ1n) is 12.2. The summed E-state index contributed by atoms with van der Waals surface area (Å²) in [6.07, 6.45) is 6.27. The van der Waals surface area contributed by atoms with Crippen molar-refractivity contribution in [2.24, 2.45) is 5.92 Å². The SMILES string of the molecule is CC(C)n1cc2c(NCc3cnc4ccccc4c3)nc(NC3CN4CCC3CC4)nc2c1O. The molecule has 2 bridgehead atoms. The van der Waals surface area contributed by atoms with E-state index in [9.17, 15) is 5.11 Å². The van der Waals surface area contributed by atoms with Gasteiger partial charge in [0.1, 0.15) is 11.3 Å². The summed E-state index contributed by atoms with van der Waals surface area (Å²) < 4.78 is 1.85. The molecule has 0 aliphatic carbocycles. The molecule has 0 spiro atoms. The number of benzene rings is 1. The summed E-state index contributed by atoms with van der Waals surface area (Å²) in [6.45, 7) is 8.08. The molecule has 3 N–H and O–H groups in total. The Morgan fingerprint density at radius 3 is 2.74 bits per heavy atom. The van der Waals surface area contributed by atoms with E-state index < -0.39 is 0 Å². The van der Waals surface area contributed by atoms with Crippen LogP contribution >= 0.6 is 0 Å². The van der Waals surface area contributed by atoms with E-state index in [1.54, 1.807) is 0 Å². The maximum Gasteiger partial charge on any atom is 0.225 e. The van der Waals surface area contributed by atoms with Crippen LogP contribution in [0.1, 0.15) is 38.3 Å². The predicted octanol–water partition coefficient (Wildman–Crippen LogP) is 4.38. The molecule has 0 saturated carbocycles. The molecule has 3 saturated heterocycles. The Morgan fingerprint density at radius 2 is 1.97 bits per heavy atom. The van der Waals surface area contributed by atoms with Gasteiger partial charge in [0, 0.05) is 43.0 Å². The van der Waals surface area contributed by atoms with Crippen molar-refractivity contribution < 1.29 is 5.11 Å². The van der Waals surface area contributed by atoms with Crippen LogP contribution in [0.2, 0.25) is 0 Å². The fraction of sp³-hybridized carbons (Fsp3) is 0.423. The molecule has 3 aliphatic heterocycles. The average Bonchev–Trinajstić information content (AvgIpc) is 3.20. The first-order valence-corrected chi connectivity index (χ1v) is 12.2. The Labute approximate surface area is 199 Å². The van der Waals surface area contributed by atoms with Gasteiger partial charge in [-0.15, -0.1) is 0 Å². The minimum Gasteiger partial charge on any atom is -0.493 e. The van der Waals surface area contributed by atoms with Gasteiger partial charge in [-0.05, 0) is 63.4 Å². The van der Waals surface area contributed by atoms with Crippen LogP contribution in [-0.4, -0.2) is 55.2 Å². The molecule has 3 aromatic heterocycles. The number of pyridine rings is 1. The number of hydrogen-bond acceptors (Lipinski definition) is 7. The van der Waals surface area contributed by atoms with Crippen LogP contribution < -0.4 is 10.6 Å². The van der Waals surface area contributed by atoms with Crippen LogP contribution in [0.25, 0.3) is 21.8 Å². The molecule has 1 unspecified atom stereocenters. The average molecular weight is 458 g/mol. The molecular weight excluding hydrogens is 426 g/mol. The van der Waals surface area contributed by atoms with E-state index in [-0.39, 0.29) is 11.9 Å². The molecule has 8 heteroatoms. The number of piperidine rings is 3. The summed E-state index contributed by atoms with van der Waals surface area (Å²) in [5, 5.41) is 19.9. The van der Waals surface area contributed by atoms with Crippen molar-refractivity contribution in [1.29, 1.82) is 0 Å². The van der Waals surface area contributed by atoms with Gasteiger partial charge >= 0.3 is 0 Å². The molecule has 1 aromatic carbocycles. The van der Waals surface area contributed by atoms with E-state index in [4.69, 9.17) is 9.97 Å². The fourth-order valence-electron chi connectivity index (χ4n) is 5.37. The molecule has 0 amide bonds. The lowest BCUT2D eigenvalue weighted by Crippen LogP contribution is -2.53. The van der Waals surface area contributed by atoms with Crippen LogP contribution in [0.4, 0.5) is 11.8 Å². The van der Waals surface area contributed by atoms with E-state index in [1.165, 1.54) is 25.9 Å². The van der Waals surface area contributed by atoms with Crippen LogP contribution in [0.15, 0.2) is 42.7 Å². The predicted molar refractivity (Wildman–Crippen MR) is 135 cm³/mol. The van der Waals surface area contributed by atoms with Gasteiger partial charge < -0.3 is 25.2 Å². The Kier molecular flexibility index (Phi) is 5.25. The van der Waals surface area contributed by atoms with Gasteiger partial charge in [0.25, 0.3) is 0 Å². The van der Waals surface area contributed by atoms with Crippen LogP contribution in [0, 0.1) is 5.92 Å². The maximum absolute atomic E-state index is 10.9. The first kappa shape index (κ1) is 21.2. The largest absolute Gasteiger partial charge is 0.493 e. The minimum atomic E-state index is 0.116. The number of aromatic hydroxyl groups is 1. The molecule has 176 valence electrons. The van der Waals surface area contributed by atoms with Crippen molar-refractivity contribution >= 4 is 33.6 Å².